The van der Waals surface area contributed by atoms with Crippen LogP contribution in [0, 0.1) is 6.92 Å². The second-order valence-corrected chi connectivity index (χ2v) is 7.95. The molecular weight excluding hydrogens is 359 g/mol. The lowest BCUT2D eigenvalue weighted by molar-refractivity contribution is 0.00578. The number of aromatic carboxylic acids is 1. The van der Waals surface area contributed by atoms with E-state index in [0.29, 0.717) is 11.0 Å². The first-order valence-electron chi connectivity index (χ1n) is 9.18. The molecule has 0 aromatic carbocycles. The van der Waals surface area contributed by atoms with Crippen LogP contribution < -0.4 is 10.2 Å². The highest BCUT2D eigenvalue weighted by Crippen LogP contribution is 2.37. The Kier molecular flexibility index (Phi) is 5.21. The van der Waals surface area contributed by atoms with Crippen LogP contribution in [-0.2, 0) is 9.31 Å². The zero-order chi connectivity index (χ0) is 20.7. The molecule has 0 aliphatic carbocycles. The van der Waals surface area contributed by atoms with Gasteiger partial charge in [0.05, 0.1) is 11.2 Å². The zero-order valence-corrected chi connectivity index (χ0v) is 17.0. The minimum atomic E-state index is -1.11. The van der Waals surface area contributed by atoms with Crippen molar-refractivity contribution in [3.63, 3.8) is 0 Å². The lowest BCUT2D eigenvalue weighted by atomic mass is 9.76. The number of carbonyl (C=O) groups is 1. The molecule has 2 aromatic rings. The summed E-state index contributed by atoms with van der Waals surface area (Å²) >= 11 is 0. The number of nitrogens with zero attached hydrogens (tertiary/aromatic N) is 2. The molecular formula is C20H25BN2O5. The molecule has 1 aliphatic rings. The highest BCUT2D eigenvalue weighted by Gasteiger charge is 2.52. The van der Waals surface area contributed by atoms with Gasteiger partial charge < -0.3 is 19.2 Å². The van der Waals surface area contributed by atoms with E-state index in [0.717, 1.165) is 5.56 Å². The van der Waals surface area contributed by atoms with Gasteiger partial charge in [0.2, 0.25) is 5.88 Å². The van der Waals surface area contributed by atoms with Crippen LogP contribution in [0.25, 0.3) is 0 Å². The average molecular weight is 384 g/mol. The highest BCUT2D eigenvalue weighted by molar-refractivity contribution is 6.62. The van der Waals surface area contributed by atoms with Gasteiger partial charge in [-0.1, -0.05) is 0 Å². The van der Waals surface area contributed by atoms with Crippen LogP contribution in [0.2, 0.25) is 0 Å². The van der Waals surface area contributed by atoms with E-state index in [-0.39, 0.29) is 17.5 Å². The van der Waals surface area contributed by atoms with E-state index in [1.165, 1.54) is 0 Å². The van der Waals surface area contributed by atoms with Gasteiger partial charge >= 0.3 is 13.1 Å². The maximum atomic E-state index is 12.0. The molecule has 0 bridgehead atoms. The van der Waals surface area contributed by atoms with Crippen molar-refractivity contribution in [3.05, 3.63) is 47.4 Å². The number of carboxylic acid groups (broad SMARTS) is 1. The van der Waals surface area contributed by atoms with E-state index in [1.807, 2.05) is 46.8 Å². The van der Waals surface area contributed by atoms with Crippen molar-refractivity contribution in [2.75, 3.05) is 0 Å². The quantitative estimate of drug-likeness (QED) is 0.793. The summed E-state index contributed by atoms with van der Waals surface area (Å²) in [6.45, 7) is 11.3. The second-order valence-electron chi connectivity index (χ2n) is 7.95. The molecule has 148 valence electrons. The lowest BCUT2D eigenvalue weighted by Crippen LogP contribution is -2.41. The first-order valence-corrected chi connectivity index (χ1v) is 9.18. The third-order valence-electron chi connectivity index (χ3n) is 5.53. The van der Waals surface area contributed by atoms with Crippen molar-refractivity contribution in [1.29, 1.82) is 0 Å². The number of pyridine rings is 2. The standard InChI is InChI=1S/C20H25BN2O5/c1-12-15(21-27-19(3,4)20(5,6)28-21)11-23-17(16(12)18(24)25)26-13(2)14-7-9-22-10-8-14/h7-11,13H,1-6H3,(H,24,25). The molecule has 0 amide bonds. The van der Waals surface area contributed by atoms with Crippen molar-refractivity contribution in [1.82, 2.24) is 9.97 Å². The van der Waals surface area contributed by atoms with E-state index in [1.54, 1.807) is 25.5 Å². The van der Waals surface area contributed by atoms with E-state index in [2.05, 4.69) is 9.97 Å². The summed E-state index contributed by atoms with van der Waals surface area (Å²) in [5.74, 6) is -1.05. The van der Waals surface area contributed by atoms with Gasteiger partial charge in [-0.15, -0.1) is 0 Å². The summed E-state index contributed by atoms with van der Waals surface area (Å²) in [7, 11) is -0.692. The molecule has 8 heteroatoms. The molecule has 3 rings (SSSR count). The zero-order valence-electron chi connectivity index (χ0n) is 17.0. The Morgan fingerprint density at radius 3 is 2.29 bits per heavy atom. The van der Waals surface area contributed by atoms with E-state index >= 15 is 0 Å². The summed E-state index contributed by atoms with van der Waals surface area (Å²) in [5.41, 5.74) is 0.920. The Balaban J connectivity index is 1.95. The molecule has 1 N–H and O–H groups in total. The first-order chi connectivity index (χ1) is 13.0. The predicted octanol–water partition coefficient (Wildman–Crippen LogP) is 2.92. The summed E-state index contributed by atoms with van der Waals surface area (Å²) in [6, 6.07) is 3.63. The molecule has 1 unspecified atom stereocenters. The molecule has 0 spiro atoms. The van der Waals surface area contributed by atoms with Crippen molar-refractivity contribution in [2.24, 2.45) is 0 Å². The molecule has 28 heavy (non-hydrogen) atoms. The summed E-state index contributed by atoms with van der Waals surface area (Å²) in [6.07, 6.45) is 4.51. The monoisotopic (exact) mass is 384 g/mol. The fourth-order valence-electron chi connectivity index (χ4n) is 3.01. The first kappa shape index (κ1) is 20.3. The molecule has 2 aromatic heterocycles. The Morgan fingerprint density at radius 2 is 1.75 bits per heavy atom. The number of hydrogen-bond acceptors (Lipinski definition) is 6. The van der Waals surface area contributed by atoms with Crippen molar-refractivity contribution >= 4 is 18.6 Å². The Labute approximate surface area is 165 Å². The van der Waals surface area contributed by atoms with Crippen LogP contribution in [0.1, 0.15) is 62.2 Å². The Bertz CT molecular complexity index is 870. The number of rotatable bonds is 5. The molecule has 1 saturated heterocycles. The molecule has 7 nitrogen and oxygen atoms in total. The van der Waals surface area contributed by atoms with Gasteiger partial charge in [-0.3, -0.25) is 4.98 Å². The largest absolute Gasteiger partial charge is 0.496 e. The topological polar surface area (TPSA) is 90.8 Å². The van der Waals surface area contributed by atoms with Gasteiger partial charge in [0.25, 0.3) is 0 Å². The fourth-order valence-corrected chi connectivity index (χ4v) is 3.01. The normalized spacial score (nSPS) is 18.7. The third kappa shape index (κ3) is 3.62. The minimum Gasteiger partial charge on any atom is -0.477 e. The molecule has 1 aliphatic heterocycles. The van der Waals surface area contributed by atoms with Gasteiger partial charge in [-0.2, -0.15) is 0 Å². The van der Waals surface area contributed by atoms with Crippen LogP contribution >= 0.6 is 0 Å². The third-order valence-corrected chi connectivity index (χ3v) is 5.53. The Hall–Kier alpha value is -2.45. The van der Waals surface area contributed by atoms with Crippen molar-refractivity contribution in [3.8, 4) is 5.88 Å². The van der Waals surface area contributed by atoms with Gasteiger partial charge in [-0.05, 0) is 64.8 Å². The van der Waals surface area contributed by atoms with E-state index in [4.69, 9.17) is 14.0 Å². The van der Waals surface area contributed by atoms with Crippen LogP contribution in [0.4, 0.5) is 0 Å². The SMILES string of the molecule is Cc1c(B2OC(C)(C)C(C)(C)O2)cnc(OC(C)c2ccncc2)c1C(=O)O. The number of aromatic nitrogens is 2. The summed E-state index contributed by atoms with van der Waals surface area (Å²) in [4.78, 5) is 20.2. The fraction of sp³-hybridized carbons (Fsp3) is 0.450. The smallest absolute Gasteiger partial charge is 0.477 e. The average Bonchev–Trinajstić information content (AvgIpc) is 2.82. The molecule has 3 heterocycles. The predicted molar refractivity (Wildman–Crippen MR) is 105 cm³/mol. The number of carboxylic acids is 1. The molecule has 1 atom stereocenters. The van der Waals surface area contributed by atoms with Gasteiger partial charge in [-0.25, -0.2) is 9.78 Å². The van der Waals surface area contributed by atoms with Gasteiger partial charge in [0.1, 0.15) is 11.7 Å². The maximum Gasteiger partial charge on any atom is 0.496 e. The lowest BCUT2D eigenvalue weighted by Gasteiger charge is -2.32. The second kappa shape index (κ2) is 7.18. The molecule has 1 fully saturated rings. The highest BCUT2D eigenvalue weighted by atomic mass is 16.7. The Morgan fingerprint density at radius 1 is 1.18 bits per heavy atom. The summed E-state index contributed by atoms with van der Waals surface area (Å²) in [5, 5.41) is 9.79. The summed E-state index contributed by atoms with van der Waals surface area (Å²) < 4.78 is 18.0. The van der Waals surface area contributed by atoms with E-state index in [9.17, 15) is 9.90 Å². The van der Waals surface area contributed by atoms with Crippen LogP contribution in [-0.4, -0.2) is 39.4 Å². The van der Waals surface area contributed by atoms with Gasteiger partial charge in [0.15, 0.2) is 0 Å². The molecule has 0 radical (unpaired) electrons. The van der Waals surface area contributed by atoms with E-state index < -0.39 is 24.3 Å². The van der Waals surface area contributed by atoms with Crippen LogP contribution in [0.15, 0.2) is 30.7 Å². The van der Waals surface area contributed by atoms with Crippen LogP contribution in [0.5, 0.6) is 5.88 Å². The van der Waals surface area contributed by atoms with Crippen LogP contribution in [0.3, 0.4) is 0 Å². The molecule has 0 saturated carbocycles. The van der Waals surface area contributed by atoms with Crippen molar-refractivity contribution in [2.45, 2.75) is 58.8 Å². The number of hydrogen-bond donors (Lipinski definition) is 1. The van der Waals surface area contributed by atoms with Gasteiger partial charge in [0, 0.05) is 24.1 Å². The number of ether oxygens (including phenoxy) is 1. The minimum absolute atomic E-state index is 0.00752. The maximum absolute atomic E-state index is 12.0. The van der Waals surface area contributed by atoms with Crippen molar-refractivity contribution < 1.29 is 23.9 Å².